The molecule has 3 nitrogen and oxygen atoms in total. The van der Waals surface area contributed by atoms with Gasteiger partial charge in [-0.15, -0.1) is 0 Å². The Balaban J connectivity index is 1.82. The summed E-state index contributed by atoms with van der Waals surface area (Å²) in [5.74, 6) is 2.61. The molecule has 1 N–H and O–H groups in total. The molecular weight excluding hydrogens is 360 g/mol. The Morgan fingerprint density at radius 1 is 1.34 bits per heavy atom. The van der Waals surface area contributed by atoms with Crippen molar-refractivity contribution in [2.45, 2.75) is 92.0 Å². The number of allylic oxidation sites excluding steroid dienone is 4. The highest BCUT2D eigenvalue weighted by molar-refractivity contribution is 5.24. The lowest BCUT2D eigenvalue weighted by Gasteiger charge is -2.39. The minimum atomic E-state index is -0.660. The normalized spacial score (nSPS) is 36.2. The average molecular weight is 403 g/mol. The number of hydrogen-bond acceptors (Lipinski definition) is 3. The van der Waals surface area contributed by atoms with Gasteiger partial charge >= 0.3 is 0 Å². The van der Waals surface area contributed by atoms with Gasteiger partial charge in [-0.3, -0.25) is 0 Å². The van der Waals surface area contributed by atoms with E-state index >= 15 is 0 Å². The molecule has 0 aromatic carbocycles. The van der Waals surface area contributed by atoms with E-state index in [1.807, 2.05) is 7.11 Å². The van der Waals surface area contributed by atoms with Crippen molar-refractivity contribution < 1.29 is 14.6 Å². The second-order valence-corrected chi connectivity index (χ2v) is 10.3. The van der Waals surface area contributed by atoms with Crippen LogP contribution in [-0.2, 0) is 9.47 Å². The fraction of sp³-hybridized carbons (Fsp3) is 0.769. The number of aliphatic hydroxyl groups excluding tert-OH is 1. The van der Waals surface area contributed by atoms with Gasteiger partial charge in [-0.25, -0.2) is 0 Å². The van der Waals surface area contributed by atoms with E-state index in [0.717, 1.165) is 31.4 Å². The third-order valence-electron chi connectivity index (χ3n) is 7.51. The zero-order valence-electron chi connectivity index (χ0n) is 19.4. The van der Waals surface area contributed by atoms with E-state index in [-0.39, 0.29) is 12.0 Å². The molecule has 6 atom stereocenters. The molecule has 0 radical (unpaired) electrons. The van der Waals surface area contributed by atoms with E-state index in [2.05, 4.69) is 52.8 Å². The third-order valence-corrected chi connectivity index (χ3v) is 7.51. The first-order valence-electron chi connectivity index (χ1n) is 11.7. The predicted molar refractivity (Wildman–Crippen MR) is 119 cm³/mol. The first-order valence-corrected chi connectivity index (χ1v) is 11.7. The van der Waals surface area contributed by atoms with Crippen LogP contribution in [0.1, 0.15) is 79.6 Å². The molecule has 0 amide bonds. The molecule has 0 fully saturated rings. The molecule has 1 heterocycles. The third kappa shape index (κ3) is 5.17. The zero-order chi connectivity index (χ0) is 21.2. The van der Waals surface area contributed by atoms with Crippen LogP contribution in [0.25, 0.3) is 0 Å². The molecule has 29 heavy (non-hydrogen) atoms. The summed E-state index contributed by atoms with van der Waals surface area (Å²) < 4.78 is 11.6. The summed E-state index contributed by atoms with van der Waals surface area (Å²) in [4.78, 5) is 0. The second kappa shape index (κ2) is 9.39. The number of rotatable bonds is 4. The van der Waals surface area contributed by atoms with E-state index in [0.29, 0.717) is 23.2 Å². The predicted octanol–water partition coefficient (Wildman–Crippen LogP) is 6.40. The van der Waals surface area contributed by atoms with Gasteiger partial charge in [-0.05, 0) is 68.8 Å². The number of ether oxygens (including phenoxy) is 2. The Bertz CT molecular complexity index is 657. The Morgan fingerprint density at radius 3 is 2.79 bits per heavy atom. The topological polar surface area (TPSA) is 38.7 Å². The van der Waals surface area contributed by atoms with Crippen LogP contribution in [0.3, 0.4) is 0 Å². The summed E-state index contributed by atoms with van der Waals surface area (Å²) in [5.41, 5.74) is 3.29. The molecule has 0 spiro atoms. The van der Waals surface area contributed by atoms with E-state index in [1.54, 1.807) is 5.57 Å². The molecule has 3 rings (SSSR count). The van der Waals surface area contributed by atoms with Crippen molar-refractivity contribution >= 4 is 0 Å². The van der Waals surface area contributed by atoms with Crippen molar-refractivity contribution in [3.8, 4) is 0 Å². The summed E-state index contributed by atoms with van der Waals surface area (Å²) in [6, 6.07) is 0. The molecular formula is C26H42O3. The number of aliphatic hydroxyl groups is 1. The van der Waals surface area contributed by atoms with Crippen LogP contribution in [0.5, 0.6) is 0 Å². The number of hydrogen-bond donors (Lipinski definition) is 1. The molecule has 1 aliphatic heterocycles. The van der Waals surface area contributed by atoms with Gasteiger partial charge in [0, 0.05) is 24.9 Å². The zero-order valence-corrected chi connectivity index (χ0v) is 19.4. The fourth-order valence-corrected chi connectivity index (χ4v) is 5.58. The lowest BCUT2D eigenvalue weighted by atomic mass is 9.68. The van der Waals surface area contributed by atoms with Gasteiger partial charge in [0.15, 0.2) is 0 Å². The van der Waals surface area contributed by atoms with Crippen molar-refractivity contribution in [3.63, 3.8) is 0 Å². The fourth-order valence-electron chi connectivity index (χ4n) is 5.58. The molecule has 3 aliphatic rings. The Labute approximate surface area is 178 Å². The summed E-state index contributed by atoms with van der Waals surface area (Å²) in [7, 11) is 1.83. The molecule has 0 aromatic heterocycles. The quantitative estimate of drug-likeness (QED) is 0.553. The SMILES string of the molecule is CCC1CC=CC(C2=CC(C(C)OC)CC(C)(C)C2)CCCC2=C1OC(O)C2C. The van der Waals surface area contributed by atoms with Gasteiger partial charge < -0.3 is 14.6 Å². The minimum absolute atomic E-state index is 0.126. The van der Waals surface area contributed by atoms with Crippen molar-refractivity contribution in [1.82, 2.24) is 0 Å². The summed E-state index contributed by atoms with van der Waals surface area (Å²) >= 11 is 0. The smallest absolute Gasteiger partial charge is 0.203 e. The van der Waals surface area contributed by atoms with Crippen LogP contribution >= 0.6 is 0 Å². The molecule has 6 unspecified atom stereocenters. The van der Waals surface area contributed by atoms with Gasteiger partial charge in [0.25, 0.3) is 0 Å². The number of methoxy groups -OCH3 is 1. The maximum absolute atomic E-state index is 10.3. The van der Waals surface area contributed by atoms with Crippen molar-refractivity contribution in [3.05, 3.63) is 35.1 Å². The van der Waals surface area contributed by atoms with Crippen LogP contribution in [0, 0.1) is 29.1 Å². The summed E-state index contributed by atoms with van der Waals surface area (Å²) in [6.45, 7) is 11.4. The second-order valence-electron chi connectivity index (χ2n) is 10.3. The maximum Gasteiger partial charge on any atom is 0.203 e. The molecule has 0 saturated heterocycles. The highest BCUT2D eigenvalue weighted by Gasteiger charge is 2.36. The van der Waals surface area contributed by atoms with Crippen LogP contribution in [0.15, 0.2) is 35.1 Å². The molecule has 2 aliphatic carbocycles. The molecule has 3 heteroatoms. The largest absolute Gasteiger partial charge is 0.469 e. The highest BCUT2D eigenvalue weighted by Crippen LogP contribution is 2.45. The van der Waals surface area contributed by atoms with Crippen molar-refractivity contribution in [2.75, 3.05) is 7.11 Å². The lowest BCUT2D eigenvalue weighted by Crippen LogP contribution is -2.30. The van der Waals surface area contributed by atoms with Crippen LogP contribution in [0.2, 0.25) is 0 Å². The molecule has 0 bridgehead atoms. The standard InChI is InChI=1S/C26H42O3/c1-7-19-10-8-11-20(12-9-13-23-17(2)25(27)29-24(19)23)22-14-21(18(3)28-6)15-26(4,5)16-22/h8,11,14,17-21,25,27H,7,9-10,12-13,15-16H2,1-6H3. The van der Waals surface area contributed by atoms with Crippen molar-refractivity contribution in [1.29, 1.82) is 0 Å². The first kappa shape index (κ1) is 22.6. The average Bonchev–Trinajstić information content (AvgIpc) is 2.96. The Hall–Kier alpha value is -1.06. The van der Waals surface area contributed by atoms with E-state index in [9.17, 15) is 5.11 Å². The van der Waals surface area contributed by atoms with Crippen molar-refractivity contribution in [2.24, 2.45) is 29.1 Å². The van der Waals surface area contributed by atoms with Gasteiger partial charge in [-0.2, -0.15) is 0 Å². The van der Waals surface area contributed by atoms with Crippen LogP contribution in [0.4, 0.5) is 0 Å². The molecule has 0 saturated carbocycles. The summed E-state index contributed by atoms with van der Waals surface area (Å²) in [6.07, 6.45) is 14.8. The minimum Gasteiger partial charge on any atom is -0.469 e. The maximum atomic E-state index is 10.3. The first-order chi connectivity index (χ1) is 13.8. The van der Waals surface area contributed by atoms with E-state index < -0.39 is 6.29 Å². The highest BCUT2D eigenvalue weighted by atomic mass is 16.6. The van der Waals surface area contributed by atoms with Gasteiger partial charge in [0.2, 0.25) is 6.29 Å². The van der Waals surface area contributed by atoms with Crippen LogP contribution < -0.4 is 0 Å². The van der Waals surface area contributed by atoms with Gasteiger partial charge in [0.05, 0.1) is 6.10 Å². The summed E-state index contributed by atoms with van der Waals surface area (Å²) in [5, 5.41) is 10.3. The Morgan fingerprint density at radius 2 is 2.10 bits per heavy atom. The lowest BCUT2D eigenvalue weighted by molar-refractivity contribution is -0.0756. The van der Waals surface area contributed by atoms with E-state index in [1.165, 1.54) is 24.8 Å². The molecule has 0 aromatic rings. The van der Waals surface area contributed by atoms with Gasteiger partial charge in [-0.1, -0.05) is 51.5 Å². The molecule has 164 valence electrons. The van der Waals surface area contributed by atoms with Gasteiger partial charge in [0.1, 0.15) is 5.76 Å². The monoisotopic (exact) mass is 402 g/mol. The van der Waals surface area contributed by atoms with E-state index in [4.69, 9.17) is 9.47 Å². The van der Waals surface area contributed by atoms with Crippen LogP contribution in [-0.4, -0.2) is 24.6 Å². The Kier molecular flexibility index (Phi) is 7.32.